The zero-order valence-electron chi connectivity index (χ0n) is 20.1. The SMILES string of the molecule is Cc1cc2nc(-c3ccnc(-n4ccc5ccncc5c4=O)c3)sc2c(-c2ccc(Cl)cc2)c1CC(=O)O. The molecule has 0 aliphatic carbocycles. The summed E-state index contributed by atoms with van der Waals surface area (Å²) in [6.45, 7) is 1.90. The Morgan fingerprint density at radius 2 is 1.87 bits per heavy atom. The maximum atomic E-state index is 13.1. The van der Waals surface area contributed by atoms with Gasteiger partial charge < -0.3 is 5.11 Å². The van der Waals surface area contributed by atoms with E-state index < -0.39 is 5.97 Å². The van der Waals surface area contributed by atoms with Gasteiger partial charge in [0.15, 0.2) is 0 Å². The Morgan fingerprint density at radius 1 is 1.05 bits per heavy atom. The number of halogens is 1. The van der Waals surface area contributed by atoms with Crippen LogP contribution in [0.15, 0.2) is 84.2 Å². The standard InChI is InChI=1S/C29H19ClN4O3S/c1-16-12-23-27(26(21(16)14-25(35)36)18-2-4-20(30)5-3-18)38-28(33-23)19-7-10-32-24(13-19)34-11-8-17-6-9-31-15-22(17)29(34)37/h2-13,15H,14H2,1H3,(H,35,36). The van der Waals surface area contributed by atoms with Gasteiger partial charge in [0.2, 0.25) is 0 Å². The van der Waals surface area contributed by atoms with Crippen molar-refractivity contribution in [1.82, 2.24) is 19.5 Å². The van der Waals surface area contributed by atoms with Crippen molar-refractivity contribution in [2.24, 2.45) is 0 Å². The summed E-state index contributed by atoms with van der Waals surface area (Å²) in [6.07, 6.45) is 6.46. The van der Waals surface area contributed by atoms with Crippen LogP contribution in [-0.2, 0) is 11.2 Å². The lowest BCUT2D eigenvalue weighted by atomic mass is 9.93. The van der Waals surface area contributed by atoms with E-state index in [0.29, 0.717) is 16.2 Å². The number of rotatable bonds is 5. The van der Waals surface area contributed by atoms with Crippen LogP contribution in [0.4, 0.5) is 0 Å². The van der Waals surface area contributed by atoms with E-state index in [4.69, 9.17) is 16.6 Å². The van der Waals surface area contributed by atoms with Crippen LogP contribution in [0.5, 0.6) is 0 Å². The van der Waals surface area contributed by atoms with E-state index in [9.17, 15) is 14.7 Å². The molecule has 9 heteroatoms. The molecular formula is C29H19ClN4O3S. The zero-order valence-corrected chi connectivity index (χ0v) is 21.6. The molecular weight excluding hydrogens is 520 g/mol. The number of hydrogen-bond acceptors (Lipinski definition) is 6. The summed E-state index contributed by atoms with van der Waals surface area (Å²) in [5.74, 6) is -0.430. The van der Waals surface area contributed by atoms with Crippen molar-refractivity contribution in [1.29, 1.82) is 0 Å². The second-order valence-corrected chi connectivity index (χ2v) is 10.3. The fraction of sp³-hybridized carbons (Fsp3) is 0.0690. The van der Waals surface area contributed by atoms with Crippen LogP contribution in [-0.4, -0.2) is 30.6 Å². The number of carboxylic acid groups (broad SMARTS) is 1. The fourth-order valence-corrected chi connectivity index (χ4v) is 5.87. The maximum absolute atomic E-state index is 13.1. The number of carbonyl (C=O) groups is 1. The molecule has 0 spiro atoms. The summed E-state index contributed by atoms with van der Waals surface area (Å²) in [6, 6.07) is 16.6. The van der Waals surface area contributed by atoms with Crippen molar-refractivity contribution in [3.63, 3.8) is 0 Å². The summed E-state index contributed by atoms with van der Waals surface area (Å²) in [4.78, 5) is 38.3. The summed E-state index contributed by atoms with van der Waals surface area (Å²) in [7, 11) is 0. The quantitative estimate of drug-likeness (QED) is 0.276. The second kappa shape index (κ2) is 9.48. The molecule has 0 fully saturated rings. The topological polar surface area (TPSA) is 98.0 Å². The number of benzene rings is 2. The average Bonchev–Trinajstić information content (AvgIpc) is 3.33. The molecule has 4 heterocycles. The van der Waals surface area contributed by atoms with Crippen LogP contribution in [0.1, 0.15) is 11.1 Å². The van der Waals surface area contributed by atoms with Crippen LogP contribution < -0.4 is 5.56 Å². The number of thiazole rings is 1. The maximum Gasteiger partial charge on any atom is 0.307 e. The minimum absolute atomic E-state index is 0.105. The van der Waals surface area contributed by atoms with Gasteiger partial charge in [0.05, 0.1) is 22.0 Å². The lowest BCUT2D eigenvalue weighted by molar-refractivity contribution is -0.136. The zero-order chi connectivity index (χ0) is 26.4. The number of aryl methyl sites for hydroxylation is 1. The number of nitrogens with zero attached hydrogens (tertiary/aromatic N) is 4. The normalized spacial score (nSPS) is 11.3. The van der Waals surface area contributed by atoms with E-state index >= 15 is 0 Å². The highest BCUT2D eigenvalue weighted by Crippen LogP contribution is 2.41. The van der Waals surface area contributed by atoms with Crippen LogP contribution in [0.3, 0.4) is 0 Å². The molecule has 0 unspecified atom stereocenters. The molecule has 0 aliphatic heterocycles. The molecule has 2 aromatic carbocycles. The summed E-state index contributed by atoms with van der Waals surface area (Å²) in [5.41, 5.74) is 4.69. The van der Waals surface area contributed by atoms with Crippen LogP contribution in [0.25, 0.3) is 48.5 Å². The molecule has 0 radical (unpaired) electrons. The van der Waals surface area contributed by atoms with E-state index in [1.165, 1.54) is 15.9 Å². The molecule has 4 aromatic heterocycles. The lowest BCUT2D eigenvalue weighted by Gasteiger charge is -2.13. The minimum Gasteiger partial charge on any atom is -0.481 e. The molecule has 0 bridgehead atoms. The van der Waals surface area contributed by atoms with Crippen molar-refractivity contribution in [2.45, 2.75) is 13.3 Å². The third-order valence-electron chi connectivity index (χ3n) is 6.42. The van der Waals surface area contributed by atoms with Crippen molar-refractivity contribution in [3.8, 4) is 27.5 Å². The Hall–Kier alpha value is -4.40. The van der Waals surface area contributed by atoms with Gasteiger partial charge >= 0.3 is 5.97 Å². The van der Waals surface area contributed by atoms with Gasteiger partial charge in [0.1, 0.15) is 10.8 Å². The van der Waals surface area contributed by atoms with Crippen molar-refractivity contribution < 1.29 is 9.90 Å². The number of aliphatic carboxylic acids is 1. The number of carboxylic acids is 1. The molecule has 0 aliphatic rings. The van der Waals surface area contributed by atoms with Crippen molar-refractivity contribution in [3.05, 3.63) is 106 Å². The van der Waals surface area contributed by atoms with E-state index in [-0.39, 0.29) is 12.0 Å². The molecule has 0 amide bonds. The number of hydrogen-bond donors (Lipinski definition) is 1. The number of fused-ring (bicyclic) bond motifs is 2. The van der Waals surface area contributed by atoms with Gasteiger partial charge in [0.25, 0.3) is 5.56 Å². The third-order valence-corrected chi connectivity index (χ3v) is 7.81. The summed E-state index contributed by atoms with van der Waals surface area (Å²) < 4.78 is 2.38. The van der Waals surface area contributed by atoms with Gasteiger partial charge in [0, 0.05) is 40.9 Å². The van der Waals surface area contributed by atoms with Gasteiger partial charge in [-0.05, 0) is 71.5 Å². The smallest absolute Gasteiger partial charge is 0.307 e. The van der Waals surface area contributed by atoms with Crippen molar-refractivity contribution in [2.75, 3.05) is 0 Å². The Bertz CT molecular complexity index is 1930. The molecule has 186 valence electrons. The van der Waals surface area contributed by atoms with E-state index in [1.807, 2.05) is 43.3 Å². The summed E-state index contributed by atoms with van der Waals surface area (Å²) >= 11 is 7.60. The molecule has 1 N–H and O–H groups in total. The highest BCUT2D eigenvalue weighted by molar-refractivity contribution is 7.22. The predicted octanol–water partition coefficient (Wildman–Crippen LogP) is 6.31. The van der Waals surface area contributed by atoms with Gasteiger partial charge in [-0.1, -0.05) is 23.7 Å². The van der Waals surface area contributed by atoms with Gasteiger partial charge in [-0.3, -0.25) is 19.1 Å². The van der Waals surface area contributed by atoms with E-state index in [1.54, 1.807) is 43.0 Å². The number of pyridine rings is 3. The van der Waals surface area contributed by atoms with E-state index in [2.05, 4.69) is 9.97 Å². The van der Waals surface area contributed by atoms with Crippen LogP contribution in [0, 0.1) is 6.92 Å². The second-order valence-electron chi connectivity index (χ2n) is 8.85. The molecule has 0 atom stereocenters. The Kier molecular flexibility index (Phi) is 5.98. The first-order chi connectivity index (χ1) is 18.4. The van der Waals surface area contributed by atoms with Crippen LogP contribution in [0.2, 0.25) is 5.02 Å². The molecule has 0 saturated heterocycles. The first kappa shape index (κ1) is 24.0. The van der Waals surface area contributed by atoms with E-state index in [0.717, 1.165) is 48.4 Å². The van der Waals surface area contributed by atoms with Gasteiger partial charge in [-0.2, -0.15) is 0 Å². The largest absolute Gasteiger partial charge is 0.481 e. The lowest BCUT2D eigenvalue weighted by Crippen LogP contribution is -2.18. The predicted molar refractivity (Wildman–Crippen MR) is 150 cm³/mol. The van der Waals surface area contributed by atoms with Crippen LogP contribution >= 0.6 is 22.9 Å². The van der Waals surface area contributed by atoms with Gasteiger partial charge in [-0.15, -0.1) is 11.3 Å². The van der Waals surface area contributed by atoms with Crippen molar-refractivity contribution >= 4 is 49.9 Å². The molecule has 6 aromatic rings. The molecule has 7 nitrogen and oxygen atoms in total. The Labute approximate surface area is 225 Å². The first-order valence-corrected chi connectivity index (χ1v) is 12.9. The summed E-state index contributed by atoms with van der Waals surface area (Å²) in [5, 5.41) is 12.3. The Balaban J connectivity index is 1.52. The minimum atomic E-state index is -0.901. The molecule has 38 heavy (non-hydrogen) atoms. The monoisotopic (exact) mass is 538 g/mol. The average molecular weight is 539 g/mol. The first-order valence-electron chi connectivity index (χ1n) is 11.7. The highest BCUT2D eigenvalue weighted by atomic mass is 35.5. The Morgan fingerprint density at radius 3 is 2.66 bits per heavy atom. The third kappa shape index (κ3) is 4.23. The molecule has 6 rings (SSSR count). The number of aromatic nitrogens is 4. The molecule has 0 saturated carbocycles. The highest BCUT2D eigenvalue weighted by Gasteiger charge is 2.20. The van der Waals surface area contributed by atoms with Gasteiger partial charge in [-0.25, -0.2) is 9.97 Å². The fourth-order valence-electron chi connectivity index (χ4n) is 4.60.